The average Bonchev–Trinajstić information content (AvgIpc) is 2.80. The van der Waals surface area contributed by atoms with Crippen LogP contribution in [0.3, 0.4) is 0 Å². The van der Waals surface area contributed by atoms with E-state index < -0.39 is 0 Å². The Morgan fingerprint density at radius 2 is 2.06 bits per heavy atom. The van der Waals surface area contributed by atoms with E-state index in [1.54, 1.807) is 0 Å². The highest BCUT2D eigenvalue weighted by Gasteiger charge is 2.21. The standard InChI is InChI=1S/C14H24N2O/c1-10(2)12(9-17)14-15-8-13(16-14)11-6-4-3-5-7-11/h8,10-12,17H,3-7,9H2,1-2H3,(H,15,16). The van der Waals surface area contributed by atoms with E-state index >= 15 is 0 Å². The maximum Gasteiger partial charge on any atom is 0.111 e. The van der Waals surface area contributed by atoms with Crippen LogP contribution in [0.1, 0.15) is 69.3 Å². The normalized spacial score (nSPS) is 19.8. The van der Waals surface area contributed by atoms with Crippen molar-refractivity contribution in [1.82, 2.24) is 9.97 Å². The molecule has 0 amide bonds. The summed E-state index contributed by atoms with van der Waals surface area (Å²) in [7, 11) is 0. The molecule has 96 valence electrons. The van der Waals surface area contributed by atoms with Crippen molar-refractivity contribution in [2.24, 2.45) is 5.92 Å². The molecule has 3 nitrogen and oxygen atoms in total. The third-order valence-electron chi connectivity index (χ3n) is 4.01. The molecule has 2 rings (SSSR count). The Bertz CT molecular complexity index is 340. The van der Waals surface area contributed by atoms with Crippen LogP contribution in [-0.4, -0.2) is 21.7 Å². The van der Waals surface area contributed by atoms with Gasteiger partial charge in [0.2, 0.25) is 0 Å². The Kier molecular flexibility index (Phi) is 4.21. The van der Waals surface area contributed by atoms with Crippen LogP contribution in [0.2, 0.25) is 0 Å². The number of hydrogen-bond acceptors (Lipinski definition) is 2. The number of rotatable bonds is 4. The fraction of sp³-hybridized carbons (Fsp3) is 0.786. The van der Waals surface area contributed by atoms with Crippen molar-refractivity contribution in [3.05, 3.63) is 17.7 Å². The maximum absolute atomic E-state index is 9.41. The number of aromatic amines is 1. The van der Waals surface area contributed by atoms with Gasteiger partial charge in [0.15, 0.2) is 0 Å². The van der Waals surface area contributed by atoms with Crippen molar-refractivity contribution in [2.75, 3.05) is 6.61 Å². The number of nitrogens with zero attached hydrogens (tertiary/aromatic N) is 1. The molecule has 1 unspecified atom stereocenters. The number of aliphatic hydroxyl groups excluding tert-OH is 1. The molecule has 0 aliphatic heterocycles. The summed E-state index contributed by atoms with van der Waals surface area (Å²) in [5.74, 6) is 2.19. The molecule has 17 heavy (non-hydrogen) atoms. The lowest BCUT2D eigenvalue weighted by Crippen LogP contribution is -2.13. The lowest BCUT2D eigenvalue weighted by molar-refractivity contribution is 0.232. The predicted molar refractivity (Wildman–Crippen MR) is 69.1 cm³/mol. The number of aromatic nitrogens is 2. The van der Waals surface area contributed by atoms with E-state index in [9.17, 15) is 5.11 Å². The first-order chi connectivity index (χ1) is 8.22. The van der Waals surface area contributed by atoms with Gasteiger partial charge >= 0.3 is 0 Å². The summed E-state index contributed by atoms with van der Waals surface area (Å²) in [5.41, 5.74) is 1.28. The van der Waals surface area contributed by atoms with Crippen molar-refractivity contribution in [2.45, 2.75) is 57.8 Å². The Morgan fingerprint density at radius 1 is 1.35 bits per heavy atom. The van der Waals surface area contributed by atoms with E-state index in [0.717, 1.165) is 5.82 Å². The van der Waals surface area contributed by atoms with Crippen molar-refractivity contribution in [3.8, 4) is 0 Å². The molecule has 0 radical (unpaired) electrons. The van der Waals surface area contributed by atoms with Gasteiger partial charge in [0, 0.05) is 23.7 Å². The van der Waals surface area contributed by atoms with E-state index in [1.165, 1.54) is 37.8 Å². The SMILES string of the molecule is CC(C)C(CO)c1ncc(C2CCCCC2)[nH]1. The summed E-state index contributed by atoms with van der Waals surface area (Å²) in [4.78, 5) is 7.91. The van der Waals surface area contributed by atoms with Gasteiger partial charge < -0.3 is 10.1 Å². The van der Waals surface area contributed by atoms with Crippen LogP contribution >= 0.6 is 0 Å². The smallest absolute Gasteiger partial charge is 0.111 e. The topological polar surface area (TPSA) is 48.9 Å². The highest BCUT2D eigenvalue weighted by molar-refractivity contribution is 5.11. The summed E-state index contributed by atoms with van der Waals surface area (Å²) in [6, 6.07) is 0. The molecule has 0 saturated heterocycles. The Labute approximate surface area is 104 Å². The molecule has 0 aromatic carbocycles. The molecule has 3 heteroatoms. The molecular weight excluding hydrogens is 212 g/mol. The van der Waals surface area contributed by atoms with Crippen molar-refractivity contribution < 1.29 is 5.11 Å². The van der Waals surface area contributed by atoms with Crippen LogP contribution in [0.15, 0.2) is 6.20 Å². The zero-order valence-electron chi connectivity index (χ0n) is 10.9. The van der Waals surface area contributed by atoms with Crippen LogP contribution in [0.25, 0.3) is 0 Å². The lowest BCUT2D eigenvalue weighted by atomic mass is 9.87. The molecule has 1 saturated carbocycles. The number of hydrogen-bond donors (Lipinski definition) is 2. The zero-order chi connectivity index (χ0) is 12.3. The minimum atomic E-state index is 0.146. The summed E-state index contributed by atoms with van der Waals surface area (Å²) < 4.78 is 0. The molecule has 1 aromatic rings. The zero-order valence-corrected chi connectivity index (χ0v) is 10.9. The Balaban J connectivity index is 2.08. The van der Waals surface area contributed by atoms with Gasteiger partial charge in [-0.1, -0.05) is 33.1 Å². The van der Waals surface area contributed by atoms with Crippen LogP contribution in [0.5, 0.6) is 0 Å². The molecule has 0 spiro atoms. The van der Waals surface area contributed by atoms with E-state index in [0.29, 0.717) is 11.8 Å². The van der Waals surface area contributed by atoms with E-state index in [4.69, 9.17) is 0 Å². The second-order valence-corrected chi connectivity index (χ2v) is 5.59. The largest absolute Gasteiger partial charge is 0.396 e. The third kappa shape index (κ3) is 2.89. The van der Waals surface area contributed by atoms with Gasteiger partial charge in [-0.25, -0.2) is 4.98 Å². The molecule has 0 bridgehead atoms. The van der Waals surface area contributed by atoms with Gasteiger partial charge in [-0.15, -0.1) is 0 Å². The molecule has 2 N–H and O–H groups in total. The van der Waals surface area contributed by atoms with Crippen LogP contribution in [0.4, 0.5) is 0 Å². The van der Waals surface area contributed by atoms with Crippen LogP contribution < -0.4 is 0 Å². The summed E-state index contributed by atoms with van der Waals surface area (Å²) in [6.07, 6.45) is 8.61. The fourth-order valence-corrected chi connectivity index (χ4v) is 2.77. The highest BCUT2D eigenvalue weighted by Crippen LogP contribution is 2.32. The summed E-state index contributed by atoms with van der Waals surface area (Å²) in [5, 5.41) is 9.41. The molecule has 1 heterocycles. The van der Waals surface area contributed by atoms with Gasteiger partial charge in [-0.2, -0.15) is 0 Å². The average molecular weight is 236 g/mol. The minimum absolute atomic E-state index is 0.146. The molecule has 1 atom stereocenters. The number of nitrogens with one attached hydrogen (secondary N) is 1. The molecule has 1 aromatic heterocycles. The van der Waals surface area contributed by atoms with Crippen molar-refractivity contribution >= 4 is 0 Å². The fourth-order valence-electron chi connectivity index (χ4n) is 2.77. The molecule has 1 fully saturated rings. The Morgan fingerprint density at radius 3 is 2.65 bits per heavy atom. The first-order valence-electron chi connectivity index (χ1n) is 6.88. The molecule has 1 aliphatic rings. The number of aliphatic hydroxyl groups is 1. The minimum Gasteiger partial charge on any atom is -0.396 e. The van der Waals surface area contributed by atoms with Gasteiger partial charge in [-0.3, -0.25) is 0 Å². The summed E-state index contributed by atoms with van der Waals surface area (Å²) in [6.45, 7) is 4.43. The lowest BCUT2D eigenvalue weighted by Gasteiger charge is -2.20. The van der Waals surface area contributed by atoms with Gasteiger partial charge in [-0.05, 0) is 18.8 Å². The van der Waals surface area contributed by atoms with Gasteiger partial charge in [0.25, 0.3) is 0 Å². The maximum atomic E-state index is 9.41. The van der Waals surface area contributed by atoms with Crippen LogP contribution in [-0.2, 0) is 0 Å². The first kappa shape index (κ1) is 12.6. The van der Waals surface area contributed by atoms with Crippen LogP contribution in [0, 0.1) is 5.92 Å². The third-order valence-corrected chi connectivity index (χ3v) is 4.01. The molecular formula is C14H24N2O. The quantitative estimate of drug-likeness (QED) is 0.843. The van der Waals surface area contributed by atoms with Gasteiger partial charge in [0.1, 0.15) is 5.82 Å². The van der Waals surface area contributed by atoms with E-state index in [1.807, 2.05) is 6.20 Å². The molecule has 1 aliphatic carbocycles. The van der Waals surface area contributed by atoms with Gasteiger partial charge in [0.05, 0.1) is 6.61 Å². The first-order valence-corrected chi connectivity index (χ1v) is 6.88. The Hall–Kier alpha value is -0.830. The van der Waals surface area contributed by atoms with Crippen molar-refractivity contribution in [1.29, 1.82) is 0 Å². The highest BCUT2D eigenvalue weighted by atomic mass is 16.3. The van der Waals surface area contributed by atoms with E-state index in [-0.39, 0.29) is 12.5 Å². The second-order valence-electron chi connectivity index (χ2n) is 5.59. The summed E-state index contributed by atoms with van der Waals surface area (Å²) >= 11 is 0. The number of imidazole rings is 1. The second kappa shape index (κ2) is 5.67. The predicted octanol–water partition coefficient (Wildman–Crippen LogP) is 3.19. The number of H-pyrrole nitrogens is 1. The van der Waals surface area contributed by atoms with Crippen molar-refractivity contribution in [3.63, 3.8) is 0 Å². The van der Waals surface area contributed by atoms with E-state index in [2.05, 4.69) is 23.8 Å². The monoisotopic (exact) mass is 236 g/mol.